The first-order chi connectivity index (χ1) is 13.0. The maximum atomic E-state index is 13.2. The number of carboxylic acid groups (broad SMARTS) is 1. The smallest absolute Gasteiger partial charge is 0.326 e. The van der Waals surface area contributed by atoms with Crippen molar-refractivity contribution >= 4 is 28.7 Å². The molecule has 0 saturated carbocycles. The zero-order valence-electron chi connectivity index (χ0n) is 14.4. The van der Waals surface area contributed by atoms with Gasteiger partial charge >= 0.3 is 5.97 Å². The molecule has 2 N–H and O–H groups in total. The highest BCUT2D eigenvalue weighted by molar-refractivity contribution is 6.00. The monoisotopic (exact) mass is 363 g/mol. The summed E-state index contributed by atoms with van der Waals surface area (Å²) >= 11 is 0. The number of halogens is 1. The average Bonchev–Trinajstić information content (AvgIpc) is 2.66. The Kier molecular flexibility index (Phi) is 5.61. The Hall–Kier alpha value is -3.47. The highest BCUT2D eigenvalue weighted by Gasteiger charge is 2.19. The zero-order valence-corrected chi connectivity index (χ0v) is 14.4. The van der Waals surface area contributed by atoms with Crippen LogP contribution in [0.2, 0.25) is 0 Å². The van der Waals surface area contributed by atoms with Gasteiger partial charge in [0.2, 0.25) is 0 Å². The Labute approximate surface area is 156 Å². The molecule has 3 aromatic rings. The minimum absolute atomic E-state index is 0.0885. The summed E-state index contributed by atoms with van der Waals surface area (Å²) in [6.07, 6.45) is 3.32. The number of aliphatic carboxylic acids is 1. The molecule has 1 amide bonds. The largest absolute Gasteiger partial charge is 0.480 e. The second kappa shape index (κ2) is 8.27. The fourth-order valence-corrected chi connectivity index (χ4v) is 2.74. The average molecular weight is 363 g/mol. The number of amides is 1. The second-order valence-electron chi connectivity index (χ2n) is 6.12. The summed E-state index contributed by atoms with van der Waals surface area (Å²) in [4.78, 5) is 23.9. The number of benzene rings is 3. The minimum Gasteiger partial charge on any atom is -0.480 e. The van der Waals surface area contributed by atoms with Crippen LogP contribution in [0.15, 0.2) is 72.8 Å². The summed E-state index contributed by atoms with van der Waals surface area (Å²) in [5, 5.41) is 13.8. The van der Waals surface area contributed by atoms with E-state index < -0.39 is 17.9 Å². The zero-order chi connectivity index (χ0) is 19.2. The van der Waals surface area contributed by atoms with Crippen LogP contribution in [0.4, 0.5) is 4.39 Å². The Bertz CT molecular complexity index is 1010. The molecule has 0 aliphatic rings. The van der Waals surface area contributed by atoms with E-state index in [1.165, 1.54) is 12.1 Å². The van der Waals surface area contributed by atoms with Gasteiger partial charge in [0.05, 0.1) is 0 Å². The molecular formula is C22H18FNO3. The van der Waals surface area contributed by atoms with Crippen molar-refractivity contribution in [2.24, 2.45) is 0 Å². The van der Waals surface area contributed by atoms with E-state index in [0.717, 1.165) is 10.8 Å². The van der Waals surface area contributed by atoms with E-state index in [0.29, 0.717) is 11.1 Å². The molecule has 0 aliphatic heterocycles. The van der Waals surface area contributed by atoms with Gasteiger partial charge in [0.15, 0.2) is 0 Å². The first-order valence-electron chi connectivity index (χ1n) is 8.47. The van der Waals surface area contributed by atoms with Crippen molar-refractivity contribution in [2.45, 2.75) is 12.5 Å². The molecule has 1 unspecified atom stereocenters. The maximum Gasteiger partial charge on any atom is 0.326 e. The van der Waals surface area contributed by atoms with Crippen LogP contribution in [0, 0.1) is 5.82 Å². The predicted octanol–water partition coefficient (Wildman–Crippen LogP) is 4.27. The molecule has 3 rings (SSSR count). The molecule has 0 heterocycles. The van der Waals surface area contributed by atoms with Gasteiger partial charge in [-0.25, -0.2) is 9.18 Å². The van der Waals surface area contributed by atoms with Crippen LogP contribution in [0.25, 0.3) is 16.8 Å². The predicted molar refractivity (Wildman–Crippen MR) is 103 cm³/mol. The first kappa shape index (κ1) is 18.3. The van der Waals surface area contributed by atoms with Crippen molar-refractivity contribution in [3.63, 3.8) is 0 Å². The van der Waals surface area contributed by atoms with Gasteiger partial charge in [-0.05, 0) is 47.0 Å². The third-order valence-electron chi connectivity index (χ3n) is 4.15. The van der Waals surface area contributed by atoms with Crippen molar-refractivity contribution < 1.29 is 19.1 Å². The quantitative estimate of drug-likeness (QED) is 0.687. The Morgan fingerprint density at radius 1 is 1.00 bits per heavy atom. The van der Waals surface area contributed by atoms with E-state index in [9.17, 15) is 19.1 Å². The lowest BCUT2D eigenvalue weighted by molar-refractivity contribution is -0.139. The van der Waals surface area contributed by atoms with Gasteiger partial charge in [0.1, 0.15) is 11.9 Å². The molecule has 27 heavy (non-hydrogen) atoms. The molecule has 0 bridgehead atoms. The number of rotatable bonds is 6. The van der Waals surface area contributed by atoms with E-state index in [1.807, 2.05) is 30.3 Å². The van der Waals surface area contributed by atoms with Crippen LogP contribution in [-0.4, -0.2) is 23.0 Å². The van der Waals surface area contributed by atoms with E-state index >= 15 is 0 Å². The first-order valence-corrected chi connectivity index (χ1v) is 8.47. The van der Waals surface area contributed by atoms with Gasteiger partial charge in [-0.3, -0.25) is 4.79 Å². The van der Waals surface area contributed by atoms with Crippen LogP contribution < -0.4 is 5.32 Å². The molecule has 0 radical (unpaired) electrons. The fraction of sp³-hybridized carbons (Fsp3) is 0.0909. The van der Waals surface area contributed by atoms with Crippen LogP contribution >= 0.6 is 0 Å². The van der Waals surface area contributed by atoms with Gasteiger partial charge in [0, 0.05) is 5.56 Å². The van der Waals surface area contributed by atoms with Crippen molar-refractivity contribution in [1.82, 2.24) is 5.32 Å². The lowest BCUT2D eigenvalue weighted by atomic mass is 10.1. The summed E-state index contributed by atoms with van der Waals surface area (Å²) in [5.74, 6) is -1.95. The van der Waals surface area contributed by atoms with Gasteiger partial charge in [-0.2, -0.15) is 0 Å². The van der Waals surface area contributed by atoms with E-state index in [1.54, 1.807) is 36.4 Å². The normalized spacial score (nSPS) is 12.2. The van der Waals surface area contributed by atoms with Gasteiger partial charge in [-0.1, -0.05) is 54.6 Å². The van der Waals surface area contributed by atoms with E-state index in [4.69, 9.17) is 0 Å². The van der Waals surface area contributed by atoms with Crippen molar-refractivity contribution in [2.75, 3.05) is 0 Å². The lowest BCUT2D eigenvalue weighted by Gasteiger charge is -2.13. The standard InChI is InChI=1S/C22H18FNO3/c23-19-9-3-5-15(13-19)6-4-10-20(22(26)27)24-21(25)18-12-11-16-7-1-2-8-17(16)14-18/h1-9,11-14,20H,10H2,(H,24,25)(H,26,27)/b6-4+. The maximum absolute atomic E-state index is 13.2. The third kappa shape index (κ3) is 4.79. The third-order valence-corrected chi connectivity index (χ3v) is 4.15. The highest BCUT2D eigenvalue weighted by atomic mass is 19.1. The summed E-state index contributed by atoms with van der Waals surface area (Å²) in [5.41, 5.74) is 1.02. The molecule has 0 fully saturated rings. The van der Waals surface area contributed by atoms with Crippen LogP contribution in [0.3, 0.4) is 0 Å². The van der Waals surface area contributed by atoms with E-state index in [2.05, 4.69) is 5.32 Å². The summed E-state index contributed by atoms with van der Waals surface area (Å²) in [6.45, 7) is 0. The number of hydrogen-bond donors (Lipinski definition) is 2. The van der Waals surface area contributed by atoms with Gasteiger partial charge in [-0.15, -0.1) is 0 Å². The molecular weight excluding hydrogens is 345 g/mol. The Morgan fingerprint density at radius 3 is 2.52 bits per heavy atom. The minimum atomic E-state index is -1.13. The summed E-state index contributed by atoms with van der Waals surface area (Å²) < 4.78 is 13.2. The Morgan fingerprint density at radius 2 is 1.78 bits per heavy atom. The number of carbonyl (C=O) groups is 2. The second-order valence-corrected chi connectivity index (χ2v) is 6.12. The van der Waals surface area contributed by atoms with E-state index in [-0.39, 0.29) is 12.2 Å². The molecule has 3 aromatic carbocycles. The van der Waals surface area contributed by atoms with Crippen molar-refractivity contribution in [3.05, 3.63) is 89.8 Å². The topological polar surface area (TPSA) is 66.4 Å². The summed E-state index contributed by atoms with van der Waals surface area (Å²) in [6, 6.07) is 17.7. The Balaban J connectivity index is 1.69. The lowest BCUT2D eigenvalue weighted by Crippen LogP contribution is -2.40. The number of hydrogen-bond acceptors (Lipinski definition) is 2. The number of nitrogens with one attached hydrogen (secondary N) is 1. The van der Waals surface area contributed by atoms with Crippen LogP contribution in [0.5, 0.6) is 0 Å². The fourth-order valence-electron chi connectivity index (χ4n) is 2.74. The molecule has 0 saturated heterocycles. The van der Waals surface area contributed by atoms with Crippen molar-refractivity contribution in [3.8, 4) is 0 Å². The molecule has 0 aromatic heterocycles. The van der Waals surface area contributed by atoms with Crippen LogP contribution in [-0.2, 0) is 4.79 Å². The molecule has 0 aliphatic carbocycles. The highest BCUT2D eigenvalue weighted by Crippen LogP contribution is 2.16. The number of fused-ring (bicyclic) bond motifs is 1. The number of carboxylic acids is 1. The molecule has 0 spiro atoms. The van der Waals surface area contributed by atoms with Crippen molar-refractivity contribution in [1.29, 1.82) is 0 Å². The molecule has 5 heteroatoms. The van der Waals surface area contributed by atoms with Gasteiger partial charge < -0.3 is 10.4 Å². The van der Waals surface area contributed by atoms with Crippen LogP contribution in [0.1, 0.15) is 22.3 Å². The molecule has 1 atom stereocenters. The molecule has 136 valence electrons. The number of carbonyl (C=O) groups excluding carboxylic acids is 1. The summed E-state index contributed by atoms with van der Waals surface area (Å²) in [7, 11) is 0. The SMILES string of the molecule is O=C(NC(C/C=C/c1cccc(F)c1)C(=O)O)c1ccc2ccccc2c1. The van der Waals surface area contributed by atoms with Gasteiger partial charge in [0.25, 0.3) is 5.91 Å². The molecule has 4 nitrogen and oxygen atoms in total.